The Balaban J connectivity index is 2.89. The molecule has 0 aliphatic heterocycles. The molecule has 78 valence electrons. The minimum Gasteiger partial charge on any atom is -0.314 e. The van der Waals surface area contributed by atoms with Gasteiger partial charge in [-0.25, -0.2) is 0 Å². The summed E-state index contributed by atoms with van der Waals surface area (Å²) in [6.45, 7) is 4.72. The van der Waals surface area contributed by atoms with Crippen LogP contribution in [-0.4, -0.2) is 17.3 Å². The van der Waals surface area contributed by atoms with Crippen molar-refractivity contribution in [1.29, 1.82) is 0 Å². The molecule has 0 saturated carbocycles. The molecule has 2 nitrogen and oxygen atoms in total. The Hall–Kier alpha value is -0.570. The Morgan fingerprint density at radius 3 is 2.50 bits per heavy atom. The van der Waals surface area contributed by atoms with Crippen LogP contribution in [0.5, 0.6) is 0 Å². The van der Waals surface area contributed by atoms with E-state index in [1.54, 1.807) is 7.05 Å². The van der Waals surface area contributed by atoms with Gasteiger partial charge in [0, 0.05) is 18.6 Å². The number of benzene rings is 1. The molecule has 0 radical (unpaired) electrons. The molecule has 1 aromatic rings. The highest BCUT2D eigenvalue weighted by molar-refractivity contribution is 6.31. The highest BCUT2D eigenvalue weighted by Gasteiger charge is 2.06. The molecule has 0 bridgehead atoms. The predicted octanol–water partition coefficient (Wildman–Crippen LogP) is 3.28. The maximum Gasteiger partial charge on any atom is 0.0486 e. The van der Waals surface area contributed by atoms with Crippen molar-refractivity contribution < 1.29 is 5.21 Å². The fourth-order valence-electron chi connectivity index (χ4n) is 1.40. The molecule has 14 heavy (non-hydrogen) atoms. The zero-order valence-corrected chi connectivity index (χ0v) is 9.54. The van der Waals surface area contributed by atoms with Gasteiger partial charge in [-0.3, -0.25) is 0 Å². The second kappa shape index (κ2) is 4.78. The summed E-state index contributed by atoms with van der Waals surface area (Å²) in [5.41, 5.74) is 2.17. The Bertz CT molecular complexity index is 310. The van der Waals surface area contributed by atoms with E-state index >= 15 is 0 Å². The lowest BCUT2D eigenvalue weighted by molar-refractivity contribution is -0.0731. The summed E-state index contributed by atoms with van der Waals surface area (Å²) in [5, 5.41) is 11.0. The summed E-state index contributed by atoms with van der Waals surface area (Å²) in [5.74, 6) is 0.434. The van der Waals surface area contributed by atoms with Gasteiger partial charge in [0.05, 0.1) is 0 Å². The fourth-order valence-corrected chi connectivity index (χ4v) is 1.82. The number of nitrogens with zero attached hydrogens (tertiary/aromatic N) is 1. The summed E-state index contributed by atoms with van der Waals surface area (Å²) in [4.78, 5) is 0. The van der Waals surface area contributed by atoms with Crippen molar-refractivity contribution >= 4 is 11.6 Å². The van der Waals surface area contributed by atoms with Crippen LogP contribution in [0.1, 0.15) is 30.9 Å². The summed E-state index contributed by atoms with van der Waals surface area (Å²) in [6.07, 6.45) is 0. The number of rotatable bonds is 3. The first-order valence-corrected chi connectivity index (χ1v) is 5.07. The monoisotopic (exact) mass is 213 g/mol. The van der Waals surface area contributed by atoms with Crippen molar-refractivity contribution in [1.82, 2.24) is 5.06 Å². The molecule has 0 heterocycles. The molecule has 0 aromatic heterocycles. The van der Waals surface area contributed by atoms with Gasteiger partial charge in [0.1, 0.15) is 0 Å². The summed E-state index contributed by atoms with van der Waals surface area (Å²) in [6, 6.07) is 5.92. The van der Waals surface area contributed by atoms with Crippen LogP contribution in [0.3, 0.4) is 0 Å². The second-order valence-electron chi connectivity index (χ2n) is 3.83. The zero-order valence-electron chi connectivity index (χ0n) is 8.79. The number of hydroxylamine groups is 2. The minimum absolute atomic E-state index is 0.434. The summed E-state index contributed by atoms with van der Waals surface area (Å²) < 4.78 is 0. The zero-order chi connectivity index (χ0) is 10.7. The van der Waals surface area contributed by atoms with Crippen LogP contribution in [-0.2, 0) is 6.54 Å². The molecule has 1 N–H and O–H groups in total. The van der Waals surface area contributed by atoms with Crippen LogP contribution in [0.2, 0.25) is 5.02 Å². The highest BCUT2D eigenvalue weighted by atomic mass is 35.5. The smallest absolute Gasteiger partial charge is 0.0486 e. The van der Waals surface area contributed by atoms with Crippen molar-refractivity contribution in [2.45, 2.75) is 26.3 Å². The Morgan fingerprint density at radius 2 is 2.07 bits per heavy atom. The molecule has 0 unspecified atom stereocenters. The third-order valence-corrected chi connectivity index (χ3v) is 2.43. The van der Waals surface area contributed by atoms with Crippen molar-refractivity contribution in [2.75, 3.05) is 7.05 Å². The number of hydrogen-bond acceptors (Lipinski definition) is 2. The third-order valence-electron chi connectivity index (χ3n) is 2.10. The van der Waals surface area contributed by atoms with E-state index in [-0.39, 0.29) is 0 Å². The van der Waals surface area contributed by atoms with E-state index < -0.39 is 0 Å². The Kier molecular flexibility index (Phi) is 3.93. The van der Waals surface area contributed by atoms with Gasteiger partial charge in [0.15, 0.2) is 0 Å². The molecule has 0 aliphatic carbocycles. The lowest BCUT2D eigenvalue weighted by Crippen LogP contribution is -2.11. The molecule has 0 fully saturated rings. The van der Waals surface area contributed by atoms with Crippen molar-refractivity contribution in [3.05, 3.63) is 34.3 Å². The number of hydrogen-bond donors (Lipinski definition) is 1. The van der Waals surface area contributed by atoms with Gasteiger partial charge >= 0.3 is 0 Å². The largest absolute Gasteiger partial charge is 0.314 e. The molecule has 0 saturated heterocycles. The predicted molar refractivity (Wildman–Crippen MR) is 58.8 cm³/mol. The van der Waals surface area contributed by atoms with Gasteiger partial charge < -0.3 is 5.21 Å². The van der Waals surface area contributed by atoms with Crippen LogP contribution in [0.25, 0.3) is 0 Å². The van der Waals surface area contributed by atoms with Gasteiger partial charge in [-0.1, -0.05) is 37.6 Å². The van der Waals surface area contributed by atoms with E-state index in [2.05, 4.69) is 13.8 Å². The molecule has 3 heteroatoms. The van der Waals surface area contributed by atoms with E-state index in [0.717, 1.165) is 21.2 Å². The number of halogens is 1. The first-order chi connectivity index (χ1) is 6.50. The average Bonchev–Trinajstić information content (AvgIpc) is 2.01. The van der Waals surface area contributed by atoms with Crippen molar-refractivity contribution in [3.63, 3.8) is 0 Å². The van der Waals surface area contributed by atoms with Crippen LogP contribution >= 0.6 is 11.6 Å². The van der Waals surface area contributed by atoms with Gasteiger partial charge in [-0.15, -0.1) is 0 Å². The summed E-state index contributed by atoms with van der Waals surface area (Å²) in [7, 11) is 1.62. The van der Waals surface area contributed by atoms with Gasteiger partial charge in [-0.2, -0.15) is 5.06 Å². The standard InChI is InChI=1S/C11H16ClNO/c1-8(2)10-5-4-9(6-11(10)12)7-13(3)14/h4-6,8,14H,7H2,1-3H3. The van der Waals surface area contributed by atoms with Crippen molar-refractivity contribution in [2.24, 2.45) is 0 Å². The molecular weight excluding hydrogens is 198 g/mol. The van der Waals surface area contributed by atoms with Gasteiger partial charge in [-0.05, 0) is 23.1 Å². The molecular formula is C11H16ClNO. The van der Waals surface area contributed by atoms with Gasteiger partial charge in [0.2, 0.25) is 0 Å². The lowest BCUT2D eigenvalue weighted by Gasteiger charge is -2.12. The van der Waals surface area contributed by atoms with Crippen LogP contribution in [0.15, 0.2) is 18.2 Å². The van der Waals surface area contributed by atoms with E-state index in [1.807, 2.05) is 18.2 Å². The molecule has 1 aromatic carbocycles. The quantitative estimate of drug-likeness (QED) is 0.779. The van der Waals surface area contributed by atoms with E-state index in [1.165, 1.54) is 0 Å². The summed E-state index contributed by atoms with van der Waals surface area (Å²) >= 11 is 6.11. The fraction of sp³-hybridized carbons (Fsp3) is 0.455. The average molecular weight is 214 g/mol. The maximum absolute atomic E-state index is 9.07. The van der Waals surface area contributed by atoms with Crippen LogP contribution < -0.4 is 0 Å². The first-order valence-electron chi connectivity index (χ1n) is 4.69. The second-order valence-corrected chi connectivity index (χ2v) is 4.23. The Morgan fingerprint density at radius 1 is 1.43 bits per heavy atom. The first kappa shape index (κ1) is 11.5. The van der Waals surface area contributed by atoms with E-state index in [0.29, 0.717) is 12.5 Å². The molecule has 0 amide bonds. The molecule has 0 aliphatic rings. The molecule has 0 spiro atoms. The Labute approximate surface area is 90.1 Å². The van der Waals surface area contributed by atoms with E-state index in [9.17, 15) is 0 Å². The molecule has 1 rings (SSSR count). The SMILES string of the molecule is CC(C)c1ccc(CN(C)O)cc1Cl. The highest BCUT2D eigenvalue weighted by Crippen LogP contribution is 2.25. The van der Waals surface area contributed by atoms with Crippen molar-refractivity contribution in [3.8, 4) is 0 Å². The van der Waals surface area contributed by atoms with Crippen LogP contribution in [0, 0.1) is 0 Å². The lowest BCUT2D eigenvalue weighted by atomic mass is 10.0. The minimum atomic E-state index is 0.434. The normalized spacial score (nSPS) is 11.4. The molecule has 0 atom stereocenters. The topological polar surface area (TPSA) is 23.5 Å². The maximum atomic E-state index is 9.07. The van der Waals surface area contributed by atoms with Gasteiger partial charge in [0.25, 0.3) is 0 Å². The van der Waals surface area contributed by atoms with E-state index in [4.69, 9.17) is 16.8 Å². The van der Waals surface area contributed by atoms with Crippen LogP contribution in [0.4, 0.5) is 0 Å². The third kappa shape index (κ3) is 2.98.